The first-order chi connectivity index (χ1) is 7.00. The molecule has 0 saturated carbocycles. The molecule has 1 aliphatic rings. The molecule has 0 aliphatic carbocycles. The summed E-state index contributed by atoms with van der Waals surface area (Å²) in [6.45, 7) is 3.24. The summed E-state index contributed by atoms with van der Waals surface area (Å²) in [6, 6.07) is 1.53. The maximum Gasteiger partial charge on any atom is 0.345 e. The monoisotopic (exact) mass is 212 g/mol. The fourth-order valence-electron chi connectivity index (χ4n) is 1.66. The number of aliphatic hydroxyl groups excluding tert-OH is 2. The Labute approximate surface area is 85.9 Å². The summed E-state index contributed by atoms with van der Waals surface area (Å²) in [5.74, 6) is 0.698. The highest BCUT2D eigenvalue weighted by Crippen LogP contribution is 2.32. The van der Waals surface area contributed by atoms with E-state index in [0.717, 1.165) is 0 Å². The summed E-state index contributed by atoms with van der Waals surface area (Å²) in [7, 11) is 0. The summed E-state index contributed by atoms with van der Waals surface area (Å²) in [6.07, 6.45) is -2.91. The zero-order valence-corrected chi connectivity index (χ0v) is 8.43. The first-order valence-electron chi connectivity index (χ1n) is 4.68. The van der Waals surface area contributed by atoms with Crippen LogP contribution in [0.4, 0.5) is 0 Å². The smallest absolute Gasteiger partial charge is 0.345 e. The van der Waals surface area contributed by atoms with Crippen molar-refractivity contribution in [3.05, 3.63) is 27.8 Å². The van der Waals surface area contributed by atoms with Crippen LogP contribution in [0.25, 0.3) is 0 Å². The lowest BCUT2D eigenvalue weighted by Gasteiger charge is -2.31. The van der Waals surface area contributed by atoms with Crippen LogP contribution in [-0.2, 0) is 0 Å². The molecule has 0 unspecified atom stereocenters. The van der Waals surface area contributed by atoms with E-state index in [0.29, 0.717) is 5.76 Å². The average molecular weight is 212 g/mol. The third-order valence-electron chi connectivity index (χ3n) is 2.49. The lowest BCUT2D eigenvalue weighted by Crippen LogP contribution is -2.40. The van der Waals surface area contributed by atoms with Crippen molar-refractivity contribution in [2.24, 2.45) is 0 Å². The molecular formula is C10H12O5. The molecule has 82 valence electrons. The molecule has 3 atom stereocenters. The van der Waals surface area contributed by atoms with E-state index in [1.165, 1.54) is 6.07 Å². The van der Waals surface area contributed by atoms with Gasteiger partial charge < -0.3 is 19.4 Å². The largest absolute Gasteiger partial charge is 0.487 e. The SMILES string of the molecule is Cc1cc2c(c(=O)o1)[C@@H](O)[C@@H](O)[C@H](C)O2. The molecular weight excluding hydrogens is 200 g/mol. The van der Waals surface area contributed by atoms with Crippen molar-refractivity contribution < 1.29 is 19.4 Å². The van der Waals surface area contributed by atoms with Gasteiger partial charge in [-0.3, -0.25) is 0 Å². The Morgan fingerprint density at radius 2 is 2.07 bits per heavy atom. The quantitative estimate of drug-likeness (QED) is 0.638. The Bertz CT molecular complexity index is 436. The topological polar surface area (TPSA) is 79.9 Å². The molecule has 2 rings (SSSR count). The van der Waals surface area contributed by atoms with E-state index in [1.807, 2.05) is 0 Å². The molecule has 0 spiro atoms. The summed E-state index contributed by atoms with van der Waals surface area (Å²) < 4.78 is 10.1. The lowest BCUT2D eigenvalue weighted by atomic mass is 9.98. The van der Waals surface area contributed by atoms with Gasteiger partial charge in [0.1, 0.15) is 35.4 Å². The number of hydrogen-bond donors (Lipinski definition) is 2. The maximum absolute atomic E-state index is 11.4. The second-order valence-electron chi connectivity index (χ2n) is 3.68. The lowest BCUT2D eigenvalue weighted by molar-refractivity contribution is -0.0636. The number of fused-ring (bicyclic) bond motifs is 1. The highest BCUT2D eigenvalue weighted by atomic mass is 16.5. The molecule has 1 aromatic heterocycles. The zero-order chi connectivity index (χ0) is 11.2. The summed E-state index contributed by atoms with van der Waals surface area (Å²) in [5.41, 5.74) is -0.672. The Kier molecular flexibility index (Phi) is 2.28. The molecule has 1 aliphatic heterocycles. The van der Waals surface area contributed by atoms with Crippen LogP contribution in [0.3, 0.4) is 0 Å². The van der Waals surface area contributed by atoms with Gasteiger partial charge in [0.15, 0.2) is 0 Å². The van der Waals surface area contributed by atoms with E-state index in [4.69, 9.17) is 9.15 Å². The van der Waals surface area contributed by atoms with Crippen LogP contribution in [0, 0.1) is 6.92 Å². The van der Waals surface area contributed by atoms with E-state index in [1.54, 1.807) is 13.8 Å². The first kappa shape index (κ1) is 10.2. The minimum absolute atomic E-state index is 0.00815. The molecule has 15 heavy (non-hydrogen) atoms. The third-order valence-corrected chi connectivity index (χ3v) is 2.49. The van der Waals surface area contributed by atoms with Gasteiger partial charge in [0, 0.05) is 6.07 Å². The summed E-state index contributed by atoms with van der Waals surface area (Å²) in [4.78, 5) is 11.4. The van der Waals surface area contributed by atoms with Crippen LogP contribution >= 0.6 is 0 Å². The molecule has 0 bridgehead atoms. The second-order valence-corrected chi connectivity index (χ2v) is 3.68. The van der Waals surface area contributed by atoms with E-state index >= 15 is 0 Å². The molecule has 1 aromatic rings. The number of hydrogen-bond acceptors (Lipinski definition) is 5. The van der Waals surface area contributed by atoms with Gasteiger partial charge in [-0.1, -0.05) is 0 Å². The van der Waals surface area contributed by atoms with E-state index in [9.17, 15) is 15.0 Å². The molecule has 0 aromatic carbocycles. The van der Waals surface area contributed by atoms with Crippen molar-refractivity contribution in [3.63, 3.8) is 0 Å². The molecule has 0 fully saturated rings. The predicted molar refractivity (Wildman–Crippen MR) is 50.8 cm³/mol. The van der Waals surface area contributed by atoms with Crippen molar-refractivity contribution in [1.82, 2.24) is 0 Å². The van der Waals surface area contributed by atoms with Crippen LogP contribution in [0.15, 0.2) is 15.3 Å². The molecule has 0 saturated heterocycles. The molecule has 2 heterocycles. The van der Waals surface area contributed by atoms with Gasteiger partial charge in [0.25, 0.3) is 0 Å². The van der Waals surface area contributed by atoms with Crippen molar-refractivity contribution in [2.45, 2.75) is 32.2 Å². The summed E-state index contributed by atoms with van der Waals surface area (Å²) >= 11 is 0. The van der Waals surface area contributed by atoms with Crippen LogP contribution in [0.2, 0.25) is 0 Å². The van der Waals surface area contributed by atoms with Crippen LogP contribution in [0.1, 0.15) is 24.4 Å². The van der Waals surface area contributed by atoms with Crippen LogP contribution < -0.4 is 10.4 Å². The fraction of sp³-hybridized carbons (Fsp3) is 0.500. The highest BCUT2D eigenvalue weighted by molar-refractivity contribution is 5.36. The molecule has 0 amide bonds. The van der Waals surface area contributed by atoms with Gasteiger partial charge in [-0.15, -0.1) is 0 Å². The van der Waals surface area contributed by atoms with Crippen molar-refractivity contribution in [1.29, 1.82) is 0 Å². The van der Waals surface area contributed by atoms with Gasteiger partial charge in [-0.2, -0.15) is 0 Å². The van der Waals surface area contributed by atoms with Gasteiger partial charge in [0.2, 0.25) is 0 Å². The Balaban J connectivity index is 2.60. The van der Waals surface area contributed by atoms with E-state index in [-0.39, 0.29) is 11.3 Å². The Hall–Kier alpha value is -1.33. The standard InChI is InChI=1S/C10H12O5/c1-4-3-6-7(10(13)14-4)9(12)8(11)5(2)15-6/h3,5,8-9,11-12H,1-2H3/t5-,8-,9+/m0/s1. The predicted octanol–water partition coefficient (Wildman–Crippen LogP) is 0.123. The summed E-state index contributed by atoms with van der Waals surface area (Å²) in [5, 5.41) is 19.2. The fourth-order valence-corrected chi connectivity index (χ4v) is 1.66. The minimum Gasteiger partial charge on any atom is -0.487 e. The third kappa shape index (κ3) is 1.53. The number of aryl methyl sites for hydroxylation is 1. The first-order valence-corrected chi connectivity index (χ1v) is 4.68. The Morgan fingerprint density at radius 3 is 2.73 bits per heavy atom. The molecule has 2 N–H and O–H groups in total. The maximum atomic E-state index is 11.4. The molecule has 5 nitrogen and oxygen atoms in total. The minimum atomic E-state index is -1.25. The average Bonchev–Trinajstić information content (AvgIpc) is 2.13. The van der Waals surface area contributed by atoms with Crippen molar-refractivity contribution in [2.75, 3.05) is 0 Å². The number of rotatable bonds is 0. The normalized spacial score (nSPS) is 29.5. The number of aliphatic hydroxyl groups is 2. The zero-order valence-electron chi connectivity index (χ0n) is 8.43. The Morgan fingerprint density at radius 1 is 1.40 bits per heavy atom. The number of ether oxygens (including phenoxy) is 1. The van der Waals surface area contributed by atoms with E-state index < -0.39 is 23.9 Å². The molecule has 0 radical (unpaired) electrons. The van der Waals surface area contributed by atoms with Crippen LogP contribution in [0.5, 0.6) is 5.75 Å². The van der Waals surface area contributed by atoms with Gasteiger partial charge >= 0.3 is 5.63 Å². The van der Waals surface area contributed by atoms with E-state index in [2.05, 4.69) is 0 Å². The van der Waals surface area contributed by atoms with Crippen molar-refractivity contribution in [3.8, 4) is 5.75 Å². The van der Waals surface area contributed by atoms with Gasteiger partial charge in [-0.25, -0.2) is 4.79 Å². The van der Waals surface area contributed by atoms with Crippen molar-refractivity contribution >= 4 is 0 Å². The highest BCUT2D eigenvalue weighted by Gasteiger charge is 2.36. The van der Waals surface area contributed by atoms with Gasteiger partial charge in [0.05, 0.1) is 0 Å². The second kappa shape index (κ2) is 3.36. The van der Waals surface area contributed by atoms with Crippen LogP contribution in [-0.4, -0.2) is 22.4 Å². The van der Waals surface area contributed by atoms with Gasteiger partial charge in [-0.05, 0) is 13.8 Å². The molecule has 5 heteroatoms.